The van der Waals surface area contributed by atoms with E-state index in [2.05, 4.69) is 17.0 Å². The molecule has 1 saturated heterocycles. The van der Waals surface area contributed by atoms with E-state index in [4.69, 9.17) is 5.73 Å². The molecule has 0 amide bonds. The van der Waals surface area contributed by atoms with Gasteiger partial charge >= 0.3 is 0 Å². The van der Waals surface area contributed by atoms with E-state index >= 15 is 0 Å². The van der Waals surface area contributed by atoms with E-state index in [-0.39, 0.29) is 0 Å². The maximum Gasteiger partial charge on any atom is 0.0347 e. The van der Waals surface area contributed by atoms with Crippen LogP contribution < -0.4 is 5.73 Å². The van der Waals surface area contributed by atoms with Crippen molar-refractivity contribution in [2.45, 2.75) is 44.9 Å². The van der Waals surface area contributed by atoms with Crippen molar-refractivity contribution in [1.82, 2.24) is 4.90 Å². The number of hydrogen-bond donors (Lipinski definition) is 1. The van der Waals surface area contributed by atoms with E-state index < -0.39 is 0 Å². The third-order valence-electron chi connectivity index (χ3n) is 5.33. The maximum absolute atomic E-state index is 6.01. The van der Waals surface area contributed by atoms with Crippen molar-refractivity contribution in [2.75, 3.05) is 25.4 Å². The van der Waals surface area contributed by atoms with Crippen LogP contribution in [0.4, 0.5) is 5.69 Å². The third kappa shape index (κ3) is 2.94. The summed E-state index contributed by atoms with van der Waals surface area (Å²) in [6.45, 7) is 3.77. The molecule has 1 saturated carbocycles. The van der Waals surface area contributed by atoms with Gasteiger partial charge < -0.3 is 10.6 Å². The molecule has 3 rings (SSSR count). The lowest BCUT2D eigenvalue weighted by molar-refractivity contribution is 0.109. The molecule has 1 aromatic carbocycles. The molecule has 2 N–H and O–H groups in total. The first-order chi connectivity index (χ1) is 9.27. The molecular weight excluding hydrogens is 232 g/mol. The van der Waals surface area contributed by atoms with Crippen molar-refractivity contribution >= 4 is 5.69 Å². The SMILES string of the molecule is Nc1ccccc1CCN1CCC2(CCCC2)CC1. The van der Waals surface area contributed by atoms with Crippen LogP contribution in [0.5, 0.6) is 0 Å². The topological polar surface area (TPSA) is 29.3 Å². The average Bonchev–Trinajstić information content (AvgIpc) is 2.88. The standard InChI is InChI=1S/C17H26N2/c18-16-6-2-1-5-15(16)7-12-19-13-10-17(11-14-19)8-3-4-9-17/h1-2,5-6H,3-4,7-14,18H2. The van der Waals surface area contributed by atoms with Crippen LogP contribution in [0.3, 0.4) is 0 Å². The highest BCUT2D eigenvalue weighted by molar-refractivity contribution is 5.46. The first kappa shape index (κ1) is 13.0. The monoisotopic (exact) mass is 258 g/mol. The predicted octanol–water partition coefficient (Wildman–Crippen LogP) is 3.47. The Morgan fingerprint density at radius 2 is 1.68 bits per heavy atom. The predicted molar refractivity (Wildman–Crippen MR) is 81.1 cm³/mol. The summed E-state index contributed by atoms with van der Waals surface area (Å²) < 4.78 is 0. The normalized spacial score (nSPS) is 22.9. The molecule has 0 bridgehead atoms. The van der Waals surface area contributed by atoms with Gasteiger partial charge in [0, 0.05) is 12.2 Å². The summed E-state index contributed by atoms with van der Waals surface area (Å²) in [7, 11) is 0. The van der Waals surface area contributed by atoms with Gasteiger partial charge in [0.15, 0.2) is 0 Å². The number of benzene rings is 1. The lowest BCUT2D eigenvalue weighted by atomic mass is 9.77. The van der Waals surface area contributed by atoms with Crippen molar-refractivity contribution in [3.8, 4) is 0 Å². The van der Waals surface area contributed by atoms with Gasteiger partial charge in [0.05, 0.1) is 0 Å². The van der Waals surface area contributed by atoms with Crippen LogP contribution in [0.1, 0.15) is 44.1 Å². The van der Waals surface area contributed by atoms with E-state index in [0.717, 1.165) is 17.5 Å². The molecule has 0 aromatic heterocycles. The molecule has 2 fully saturated rings. The highest BCUT2D eigenvalue weighted by Crippen LogP contribution is 2.46. The van der Waals surface area contributed by atoms with Crippen molar-refractivity contribution < 1.29 is 0 Å². The summed E-state index contributed by atoms with van der Waals surface area (Å²) in [6, 6.07) is 8.29. The Labute approximate surface area is 117 Å². The van der Waals surface area contributed by atoms with Crippen LogP contribution in [0.25, 0.3) is 0 Å². The summed E-state index contributed by atoms with van der Waals surface area (Å²) >= 11 is 0. The quantitative estimate of drug-likeness (QED) is 0.841. The Bertz CT molecular complexity index is 411. The second-order valence-corrected chi connectivity index (χ2v) is 6.50. The van der Waals surface area contributed by atoms with Gasteiger partial charge in [-0.05, 0) is 62.2 Å². The number of nitrogens with zero attached hydrogens (tertiary/aromatic N) is 1. The summed E-state index contributed by atoms with van der Waals surface area (Å²) in [5.74, 6) is 0. The van der Waals surface area contributed by atoms with Gasteiger partial charge in [0.25, 0.3) is 0 Å². The molecule has 0 atom stereocenters. The number of nitrogen functional groups attached to an aromatic ring is 1. The lowest BCUT2D eigenvalue weighted by Crippen LogP contribution is -2.39. The Kier molecular flexibility index (Phi) is 3.79. The largest absolute Gasteiger partial charge is 0.399 e. The molecular formula is C17H26N2. The molecule has 2 nitrogen and oxygen atoms in total. The van der Waals surface area contributed by atoms with Crippen LogP contribution >= 0.6 is 0 Å². The average molecular weight is 258 g/mol. The Morgan fingerprint density at radius 3 is 2.37 bits per heavy atom. The Hall–Kier alpha value is -1.02. The van der Waals surface area contributed by atoms with Crippen molar-refractivity contribution in [1.29, 1.82) is 0 Å². The van der Waals surface area contributed by atoms with E-state index in [9.17, 15) is 0 Å². The second-order valence-electron chi connectivity index (χ2n) is 6.50. The number of anilines is 1. The fraction of sp³-hybridized carbons (Fsp3) is 0.647. The first-order valence-corrected chi connectivity index (χ1v) is 7.83. The van der Waals surface area contributed by atoms with E-state index in [0.29, 0.717) is 0 Å². The van der Waals surface area contributed by atoms with Crippen LogP contribution in [-0.4, -0.2) is 24.5 Å². The van der Waals surface area contributed by atoms with Gasteiger partial charge in [-0.15, -0.1) is 0 Å². The summed E-state index contributed by atoms with van der Waals surface area (Å²) in [5.41, 5.74) is 9.01. The number of piperidine rings is 1. The smallest absolute Gasteiger partial charge is 0.0347 e. The summed E-state index contributed by atoms with van der Waals surface area (Å²) in [4.78, 5) is 2.63. The second kappa shape index (κ2) is 5.54. The zero-order valence-corrected chi connectivity index (χ0v) is 11.9. The van der Waals surface area contributed by atoms with Gasteiger partial charge in [-0.1, -0.05) is 31.0 Å². The molecule has 1 heterocycles. The van der Waals surface area contributed by atoms with Gasteiger partial charge in [0.2, 0.25) is 0 Å². The van der Waals surface area contributed by atoms with Crippen LogP contribution in [-0.2, 0) is 6.42 Å². The van der Waals surface area contributed by atoms with E-state index in [1.165, 1.54) is 63.7 Å². The highest BCUT2D eigenvalue weighted by atomic mass is 15.1. The number of hydrogen-bond acceptors (Lipinski definition) is 2. The zero-order valence-electron chi connectivity index (χ0n) is 11.9. The van der Waals surface area contributed by atoms with Crippen LogP contribution in [0, 0.1) is 5.41 Å². The van der Waals surface area contributed by atoms with Crippen molar-refractivity contribution in [2.24, 2.45) is 5.41 Å². The van der Waals surface area contributed by atoms with Gasteiger partial charge in [-0.3, -0.25) is 0 Å². The van der Waals surface area contributed by atoms with Crippen LogP contribution in [0.2, 0.25) is 0 Å². The summed E-state index contributed by atoms with van der Waals surface area (Å²) in [5, 5.41) is 0. The van der Waals surface area contributed by atoms with Crippen molar-refractivity contribution in [3.05, 3.63) is 29.8 Å². The Morgan fingerprint density at radius 1 is 1.00 bits per heavy atom. The molecule has 0 unspecified atom stereocenters. The zero-order chi connectivity index (χ0) is 13.1. The molecule has 104 valence electrons. The Balaban J connectivity index is 1.49. The number of rotatable bonds is 3. The van der Waals surface area contributed by atoms with Crippen LogP contribution in [0.15, 0.2) is 24.3 Å². The molecule has 1 aliphatic carbocycles. The fourth-order valence-electron chi connectivity index (χ4n) is 3.92. The minimum Gasteiger partial charge on any atom is -0.399 e. The number of likely N-dealkylation sites (tertiary alicyclic amines) is 1. The molecule has 2 heteroatoms. The first-order valence-electron chi connectivity index (χ1n) is 7.83. The molecule has 1 spiro atoms. The number of para-hydroxylation sites is 1. The highest BCUT2D eigenvalue weighted by Gasteiger charge is 2.36. The molecule has 1 aromatic rings. The van der Waals surface area contributed by atoms with Crippen molar-refractivity contribution in [3.63, 3.8) is 0 Å². The van der Waals surface area contributed by atoms with E-state index in [1.54, 1.807) is 0 Å². The maximum atomic E-state index is 6.01. The molecule has 19 heavy (non-hydrogen) atoms. The summed E-state index contributed by atoms with van der Waals surface area (Å²) in [6.07, 6.45) is 9.88. The van der Waals surface area contributed by atoms with E-state index in [1.807, 2.05) is 12.1 Å². The van der Waals surface area contributed by atoms with Gasteiger partial charge in [0.1, 0.15) is 0 Å². The molecule has 2 aliphatic rings. The fourth-order valence-corrected chi connectivity index (χ4v) is 3.92. The van der Waals surface area contributed by atoms with Gasteiger partial charge in [-0.2, -0.15) is 0 Å². The molecule has 0 radical (unpaired) electrons. The molecule has 1 aliphatic heterocycles. The lowest BCUT2D eigenvalue weighted by Gasteiger charge is -2.39. The minimum atomic E-state index is 0.738. The minimum absolute atomic E-state index is 0.738. The van der Waals surface area contributed by atoms with Gasteiger partial charge in [-0.25, -0.2) is 0 Å². The third-order valence-corrected chi connectivity index (χ3v) is 5.33. The number of nitrogens with two attached hydrogens (primary N) is 1.